The number of carboxylic acids is 1. The normalized spacial score (nSPS) is 10.9. The predicted molar refractivity (Wildman–Crippen MR) is 88.4 cm³/mol. The van der Waals surface area contributed by atoms with E-state index in [1.807, 2.05) is 31.1 Å². The van der Waals surface area contributed by atoms with Crippen LogP contribution in [0.15, 0.2) is 23.1 Å². The third-order valence-electron chi connectivity index (χ3n) is 3.23. The van der Waals surface area contributed by atoms with Gasteiger partial charge in [0.15, 0.2) is 0 Å². The van der Waals surface area contributed by atoms with Crippen molar-refractivity contribution in [3.05, 3.63) is 51.3 Å². The Labute approximate surface area is 133 Å². The number of hydrogen-bond acceptors (Lipinski definition) is 5. The summed E-state index contributed by atoms with van der Waals surface area (Å²) in [6.07, 6.45) is 4.84. The van der Waals surface area contributed by atoms with Crippen LogP contribution in [-0.2, 0) is 11.2 Å². The maximum Gasteiger partial charge on any atom is 0.308 e. The van der Waals surface area contributed by atoms with Crippen molar-refractivity contribution in [1.29, 1.82) is 0 Å². The molecule has 2 aromatic heterocycles. The van der Waals surface area contributed by atoms with Crippen molar-refractivity contribution in [2.45, 2.75) is 13.3 Å². The van der Waals surface area contributed by atoms with Gasteiger partial charge in [0.2, 0.25) is 0 Å². The fourth-order valence-electron chi connectivity index (χ4n) is 2.15. The Balaban J connectivity index is 2.35. The first kappa shape index (κ1) is 16.4. The third kappa shape index (κ3) is 4.03. The molecule has 2 N–H and O–H groups in total. The molecule has 0 aromatic carbocycles. The molecule has 0 radical (unpaired) electrons. The average Bonchev–Trinajstić information content (AvgIpc) is 2.49. The summed E-state index contributed by atoms with van der Waals surface area (Å²) in [7, 11) is 3.79. The number of hydrogen-bond donors (Lipinski definition) is 2. The number of pyridine rings is 1. The number of carboxylic acid groups (broad SMARTS) is 1. The van der Waals surface area contributed by atoms with Crippen molar-refractivity contribution in [2.75, 3.05) is 19.0 Å². The molecule has 7 nitrogen and oxygen atoms in total. The van der Waals surface area contributed by atoms with Gasteiger partial charge in [-0.2, -0.15) is 0 Å². The summed E-state index contributed by atoms with van der Waals surface area (Å²) in [6, 6.07) is 3.73. The standard InChI is InChI=1S/C16H18N4O3/c1-10-12(9-14(21)22)16(23)19-13(18-10)7-6-11-5-4-8-17-15(11)20(2)3/h4-8H,9H2,1-3H3,(H,21,22)(H,18,19,23). The van der Waals surface area contributed by atoms with Crippen LogP contribution in [0.3, 0.4) is 0 Å². The molecule has 0 amide bonds. The molecule has 0 bridgehead atoms. The van der Waals surface area contributed by atoms with Crippen LogP contribution in [0.25, 0.3) is 12.2 Å². The Hall–Kier alpha value is -2.96. The minimum atomic E-state index is -1.06. The number of carbonyl (C=O) groups is 1. The van der Waals surface area contributed by atoms with Gasteiger partial charge in [-0.15, -0.1) is 0 Å². The van der Waals surface area contributed by atoms with E-state index in [0.717, 1.165) is 11.4 Å². The molecule has 7 heteroatoms. The van der Waals surface area contributed by atoms with Crippen molar-refractivity contribution in [2.24, 2.45) is 0 Å². The number of nitrogens with one attached hydrogen (secondary N) is 1. The minimum absolute atomic E-state index is 0.171. The van der Waals surface area contributed by atoms with Gasteiger partial charge in [0.1, 0.15) is 11.6 Å². The van der Waals surface area contributed by atoms with Crippen LogP contribution >= 0.6 is 0 Å². The first-order valence-corrected chi connectivity index (χ1v) is 7.00. The van der Waals surface area contributed by atoms with Gasteiger partial charge < -0.3 is 15.0 Å². The van der Waals surface area contributed by atoms with Crippen molar-refractivity contribution >= 4 is 23.9 Å². The lowest BCUT2D eigenvalue weighted by Gasteiger charge is -2.13. The molecule has 2 rings (SSSR count). The highest BCUT2D eigenvalue weighted by Crippen LogP contribution is 2.16. The lowest BCUT2D eigenvalue weighted by Crippen LogP contribution is -2.20. The highest BCUT2D eigenvalue weighted by atomic mass is 16.4. The van der Waals surface area contributed by atoms with Crippen LogP contribution in [0, 0.1) is 6.92 Å². The molecule has 0 aliphatic rings. The number of aliphatic carboxylic acids is 1. The number of rotatable bonds is 5. The van der Waals surface area contributed by atoms with Crippen LogP contribution < -0.4 is 10.5 Å². The summed E-state index contributed by atoms with van der Waals surface area (Å²) >= 11 is 0. The Bertz CT molecular complexity index is 809. The maximum atomic E-state index is 12.0. The zero-order valence-corrected chi connectivity index (χ0v) is 13.2. The molecule has 0 aliphatic carbocycles. The Morgan fingerprint density at radius 3 is 2.74 bits per heavy atom. The Kier molecular flexibility index (Phi) is 4.90. The van der Waals surface area contributed by atoms with Crippen molar-refractivity contribution in [3.63, 3.8) is 0 Å². The second-order valence-corrected chi connectivity index (χ2v) is 5.23. The molecule has 23 heavy (non-hydrogen) atoms. The third-order valence-corrected chi connectivity index (χ3v) is 3.23. The van der Waals surface area contributed by atoms with E-state index < -0.39 is 11.5 Å². The van der Waals surface area contributed by atoms with Crippen LogP contribution in [0.2, 0.25) is 0 Å². The average molecular weight is 314 g/mol. The van der Waals surface area contributed by atoms with Gasteiger partial charge in [-0.1, -0.05) is 0 Å². The van der Waals surface area contributed by atoms with E-state index in [2.05, 4.69) is 15.0 Å². The van der Waals surface area contributed by atoms with E-state index in [-0.39, 0.29) is 12.0 Å². The van der Waals surface area contributed by atoms with E-state index in [0.29, 0.717) is 11.5 Å². The van der Waals surface area contributed by atoms with Crippen molar-refractivity contribution < 1.29 is 9.90 Å². The molecule has 0 unspecified atom stereocenters. The van der Waals surface area contributed by atoms with Crippen molar-refractivity contribution in [1.82, 2.24) is 15.0 Å². The summed E-state index contributed by atoms with van der Waals surface area (Å²) in [5.74, 6) is 0.107. The molecule has 120 valence electrons. The summed E-state index contributed by atoms with van der Waals surface area (Å²) in [6.45, 7) is 1.63. The SMILES string of the molecule is Cc1nc(C=Cc2cccnc2N(C)C)[nH]c(=O)c1CC(=O)O. The van der Waals surface area contributed by atoms with Gasteiger partial charge in [-0.3, -0.25) is 9.59 Å². The second-order valence-electron chi connectivity index (χ2n) is 5.23. The number of aromatic nitrogens is 3. The highest BCUT2D eigenvalue weighted by Gasteiger charge is 2.11. The first-order valence-electron chi connectivity index (χ1n) is 7.00. The van der Waals surface area contributed by atoms with Gasteiger partial charge in [-0.25, -0.2) is 9.97 Å². The molecular formula is C16H18N4O3. The number of anilines is 1. The number of aryl methyl sites for hydroxylation is 1. The first-order chi connectivity index (χ1) is 10.9. The lowest BCUT2D eigenvalue weighted by molar-refractivity contribution is -0.136. The summed E-state index contributed by atoms with van der Waals surface area (Å²) in [5.41, 5.74) is 1.03. The monoisotopic (exact) mass is 314 g/mol. The van der Waals surface area contributed by atoms with E-state index in [4.69, 9.17) is 5.11 Å². The largest absolute Gasteiger partial charge is 0.481 e. The van der Waals surface area contributed by atoms with Crippen LogP contribution in [0.5, 0.6) is 0 Å². The molecule has 0 spiro atoms. The highest BCUT2D eigenvalue weighted by molar-refractivity contribution is 5.73. The molecule has 2 aromatic rings. The molecule has 0 atom stereocenters. The number of aromatic amines is 1. The fourth-order valence-corrected chi connectivity index (χ4v) is 2.15. The Morgan fingerprint density at radius 1 is 1.39 bits per heavy atom. The minimum Gasteiger partial charge on any atom is -0.481 e. The van der Waals surface area contributed by atoms with E-state index in [9.17, 15) is 9.59 Å². The molecular weight excluding hydrogens is 296 g/mol. The molecule has 0 saturated carbocycles. The van der Waals surface area contributed by atoms with Gasteiger partial charge in [-0.05, 0) is 31.2 Å². The summed E-state index contributed by atoms with van der Waals surface area (Å²) < 4.78 is 0. The summed E-state index contributed by atoms with van der Waals surface area (Å²) in [5, 5.41) is 8.81. The topological polar surface area (TPSA) is 99.2 Å². The molecule has 0 saturated heterocycles. The second kappa shape index (κ2) is 6.87. The molecule has 0 aliphatic heterocycles. The zero-order valence-electron chi connectivity index (χ0n) is 13.2. The smallest absolute Gasteiger partial charge is 0.308 e. The molecule has 2 heterocycles. The lowest BCUT2D eigenvalue weighted by atomic mass is 10.1. The predicted octanol–water partition coefficient (Wildman–Crippen LogP) is 1.34. The van der Waals surface area contributed by atoms with Crippen LogP contribution in [0.1, 0.15) is 22.6 Å². The Morgan fingerprint density at radius 2 is 2.13 bits per heavy atom. The maximum absolute atomic E-state index is 12.0. The van der Waals surface area contributed by atoms with Crippen LogP contribution in [-0.4, -0.2) is 40.1 Å². The van der Waals surface area contributed by atoms with E-state index in [1.165, 1.54) is 0 Å². The van der Waals surface area contributed by atoms with E-state index in [1.54, 1.807) is 25.3 Å². The van der Waals surface area contributed by atoms with Gasteiger partial charge in [0.25, 0.3) is 5.56 Å². The van der Waals surface area contributed by atoms with Crippen LogP contribution in [0.4, 0.5) is 5.82 Å². The number of nitrogens with zero attached hydrogens (tertiary/aromatic N) is 3. The van der Waals surface area contributed by atoms with Gasteiger partial charge in [0, 0.05) is 37.1 Å². The van der Waals surface area contributed by atoms with Gasteiger partial charge >= 0.3 is 5.97 Å². The quantitative estimate of drug-likeness (QED) is 0.864. The number of H-pyrrole nitrogens is 1. The van der Waals surface area contributed by atoms with Gasteiger partial charge in [0.05, 0.1) is 6.42 Å². The summed E-state index contributed by atoms with van der Waals surface area (Å²) in [4.78, 5) is 35.7. The molecule has 0 fully saturated rings. The fraction of sp³-hybridized carbons (Fsp3) is 0.250. The zero-order chi connectivity index (χ0) is 17.0. The van der Waals surface area contributed by atoms with Crippen molar-refractivity contribution in [3.8, 4) is 0 Å². The van der Waals surface area contributed by atoms with E-state index >= 15 is 0 Å².